The number of likely N-dealkylation sites (N-methyl/N-ethyl adjacent to an activating group) is 1. The summed E-state index contributed by atoms with van der Waals surface area (Å²) in [6, 6.07) is 8.99. The maximum absolute atomic E-state index is 2.44. The van der Waals surface area contributed by atoms with Gasteiger partial charge in [-0.3, -0.25) is 0 Å². The number of fused-ring (bicyclic) bond motifs is 1. The monoisotopic (exact) mass is 215 g/mol. The fraction of sp³-hybridized carbons (Fsp3) is 0.600. The van der Waals surface area contributed by atoms with Crippen molar-refractivity contribution >= 4 is 5.69 Å². The summed E-state index contributed by atoms with van der Waals surface area (Å²) in [6.07, 6.45) is 7.26. The van der Waals surface area contributed by atoms with Crippen LogP contribution in [0.3, 0.4) is 0 Å². The van der Waals surface area contributed by atoms with Gasteiger partial charge in [0.2, 0.25) is 0 Å². The van der Waals surface area contributed by atoms with E-state index in [4.69, 9.17) is 0 Å². The third-order valence-corrected chi connectivity index (χ3v) is 4.44. The molecule has 1 aliphatic heterocycles. The Hall–Kier alpha value is -0.980. The molecule has 0 saturated heterocycles. The molecule has 3 rings (SSSR count). The number of nitrogens with zero attached hydrogens (tertiary/aromatic N) is 1. The molecule has 16 heavy (non-hydrogen) atoms. The summed E-state index contributed by atoms with van der Waals surface area (Å²) >= 11 is 0. The predicted molar refractivity (Wildman–Crippen MR) is 69.0 cm³/mol. The van der Waals surface area contributed by atoms with E-state index in [1.54, 1.807) is 5.56 Å². The molecule has 1 heterocycles. The molecule has 0 aromatic heterocycles. The number of hydrogen-bond donors (Lipinski definition) is 0. The normalized spacial score (nSPS) is 25.8. The molecule has 1 aromatic rings. The van der Waals surface area contributed by atoms with Gasteiger partial charge < -0.3 is 4.90 Å². The third kappa shape index (κ3) is 1.63. The molecule has 1 fully saturated rings. The van der Waals surface area contributed by atoms with Crippen LogP contribution in [-0.2, 0) is 0 Å². The van der Waals surface area contributed by atoms with E-state index in [9.17, 15) is 0 Å². The molecule has 0 N–H and O–H groups in total. The Labute approximate surface area is 98.5 Å². The number of benzene rings is 1. The lowest BCUT2D eigenvalue weighted by Gasteiger charge is -2.27. The Morgan fingerprint density at radius 3 is 2.62 bits per heavy atom. The Morgan fingerprint density at radius 1 is 1.06 bits per heavy atom. The fourth-order valence-electron chi connectivity index (χ4n) is 3.58. The molecule has 0 radical (unpaired) electrons. The van der Waals surface area contributed by atoms with Gasteiger partial charge in [-0.25, -0.2) is 0 Å². The zero-order chi connectivity index (χ0) is 11.0. The van der Waals surface area contributed by atoms with Gasteiger partial charge in [-0.15, -0.1) is 0 Å². The Kier molecular flexibility index (Phi) is 2.62. The van der Waals surface area contributed by atoms with Crippen LogP contribution < -0.4 is 4.90 Å². The third-order valence-electron chi connectivity index (χ3n) is 4.44. The molecule has 1 atom stereocenters. The molecule has 1 aliphatic carbocycles. The summed E-state index contributed by atoms with van der Waals surface area (Å²) in [5, 5.41) is 0. The summed E-state index contributed by atoms with van der Waals surface area (Å²) in [5.41, 5.74) is 3.08. The number of para-hydroxylation sites is 1. The largest absolute Gasteiger partial charge is 0.374 e. The van der Waals surface area contributed by atoms with Crippen LogP contribution >= 0.6 is 0 Å². The van der Waals surface area contributed by atoms with Crippen LogP contribution in [0.15, 0.2) is 24.3 Å². The van der Waals surface area contributed by atoms with Crippen LogP contribution in [0.5, 0.6) is 0 Å². The Balaban J connectivity index is 1.87. The van der Waals surface area contributed by atoms with E-state index < -0.39 is 0 Å². The molecule has 1 saturated carbocycles. The first-order valence-corrected chi connectivity index (χ1v) is 6.66. The highest BCUT2D eigenvalue weighted by Gasteiger charge is 2.32. The van der Waals surface area contributed by atoms with Crippen molar-refractivity contribution in [1.29, 1.82) is 0 Å². The minimum atomic E-state index is 0.807. The van der Waals surface area contributed by atoms with Crippen LogP contribution in [0.4, 0.5) is 5.69 Å². The van der Waals surface area contributed by atoms with Crippen molar-refractivity contribution in [1.82, 2.24) is 0 Å². The van der Waals surface area contributed by atoms with E-state index >= 15 is 0 Å². The molecule has 86 valence electrons. The molecule has 0 bridgehead atoms. The second kappa shape index (κ2) is 4.12. The predicted octanol–water partition coefficient (Wildman–Crippen LogP) is 3.80. The summed E-state index contributed by atoms with van der Waals surface area (Å²) in [5.74, 6) is 1.75. The van der Waals surface area contributed by atoms with Crippen LogP contribution in [0.25, 0.3) is 0 Å². The molecule has 1 heteroatoms. The van der Waals surface area contributed by atoms with Crippen molar-refractivity contribution in [2.24, 2.45) is 5.92 Å². The minimum absolute atomic E-state index is 0.807. The van der Waals surface area contributed by atoms with Gasteiger partial charge in [-0.1, -0.05) is 37.5 Å². The first kappa shape index (κ1) is 10.2. The minimum Gasteiger partial charge on any atom is -0.374 e. The maximum atomic E-state index is 2.44. The summed E-state index contributed by atoms with van der Waals surface area (Å²) in [4.78, 5) is 2.44. The maximum Gasteiger partial charge on any atom is 0.0399 e. The van der Waals surface area contributed by atoms with E-state index in [0.29, 0.717) is 0 Å². The Morgan fingerprint density at radius 2 is 1.81 bits per heavy atom. The van der Waals surface area contributed by atoms with Crippen molar-refractivity contribution in [2.75, 3.05) is 18.5 Å². The average Bonchev–Trinajstić information content (AvgIpc) is 2.69. The Bertz CT molecular complexity index is 365. The van der Waals surface area contributed by atoms with Crippen LogP contribution in [0, 0.1) is 5.92 Å². The molecule has 1 nitrogen and oxygen atoms in total. The molecule has 1 aromatic carbocycles. The highest BCUT2D eigenvalue weighted by molar-refractivity contribution is 5.59. The van der Waals surface area contributed by atoms with Crippen molar-refractivity contribution < 1.29 is 0 Å². The van der Waals surface area contributed by atoms with E-state index in [1.807, 2.05) is 0 Å². The van der Waals surface area contributed by atoms with Crippen molar-refractivity contribution in [3.63, 3.8) is 0 Å². The van der Waals surface area contributed by atoms with Gasteiger partial charge in [0.1, 0.15) is 0 Å². The second-order valence-corrected chi connectivity index (χ2v) is 5.44. The van der Waals surface area contributed by atoms with E-state index in [2.05, 4.69) is 36.2 Å². The average molecular weight is 215 g/mol. The SMILES string of the molecule is CN1CC(C2CCCCC2)c2ccccc21. The van der Waals surface area contributed by atoms with Gasteiger partial charge in [0.05, 0.1) is 0 Å². The van der Waals surface area contributed by atoms with Gasteiger partial charge in [-0.05, 0) is 30.4 Å². The first-order valence-electron chi connectivity index (χ1n) is 6.66. The topological polar surface area (TPSA) is 3.24 Å². The van der Waals surface area contributed by atoms with E-state index in [0.717, 1.165) is 11.8 Å². The lowest BCUT2D eigenvalue weighted by Crippen LogP contribution is -2.22. The van der Waals surface area contributed by atoms with Crippen molar-refractivity contribution in [2.45, 2.75) is 38.0 Å². The molecule has 1 unspecified atom stereocenters. The summed E-state index contributed by atoms with van der Waals surface area (Å²) in [6.45, 7) is 1.24. The van der Waals surface area contributed by atoms with Crippen LogP contribution in [0.2, 0.25) is 0 Å². The van der Waals surface area contributed by atoms with Gasteiger partial charge in [-0.2, -0.15) is 0 Å². The smallest absolute Gasteiger partial charge is 0.0399 e. The lowest BCUT2D eigenvalue weighted by molar-refractivity contribution is 0.313. The quantitative estimate of drug-likeness (QED) is 0.688. The molecule has 0 spiro atoms. The van der Waals surface area contributed by atoms with Crippen LogP contribution in [0.1, 0.15) is 43.6 Å². The number of hydrogen-bond acceptors (Lipinski definition) is 1. The van der Waals surface area contributed by atoms with Crippen LogP contribution in [-0.4, -0.2) is 13.6 Å². The van der Waals surface area contributed by atoms with E-state index in [-0.39, 0.29) is 0 Å². The van der Waals surface area contributed by atoms with E-state index in [1.165, 1.54) is 44.3 Å². The number of rotatable bonds is 1. The number of anilines is 1. The zero-order valence-electron chi connectivity index (χ0n) is 10.2. The van der Waals surface area contributed by atoms with Gasteiger partial charge >= 0.3 is 0 Å². The summed E-state index contributed by atoms with van der Waals surface area (Å²) < 4.78 is 0. The first-order chi connectivity index (χ1) is 7.86. The zero-order valence-corrected chi connectivity index (χ0v) is 10.2. The molecule has 0 amide bonds. The summed E-state index contributed by atoms with van der Waals surface area (Å²) in [7, 11) is 2.24. The second-order valence-electron chi connectivity index (χ2n) is 5.44. The van der Waals surface area contributed by atoms with Crippen molar-refractivity contribution in [3.05, 3.63) is 29.8 Å². The molecular formula is C15H21N. The van der Waals surface area contributed by atoms with Gasteiger partial charge in [0.25, 0.3) is 0 Å². The lowest BCUT2D eigenvalue weighted by atomic mass is 9.78. The van der Waals surface area contributed by atoms with Gasteiger partial charge in [0.15, 0.2) is 0 Å². The highest BCUT2D eigenvalue weighted by atomic mass is 15.1. The molecular weight excluding hydrogens is 194 g/mol. The van der Waals surface area contributed by atoms with Crippen molar-refractivity contribution in [3.8, 4) is 0 Å². The standard InChI is InChI=1S/C15H21N/c1-16-11-14(12-7-3-2-4-8-12)13-9-5-6-10-15(13)16/h5-6,9-10,12,14H,2-4,7-8,11H2,1H3. The highest BCUT2D eigenvalue weighted by Crippen LogP contribution is 2.44. The molecule has 2 aliphatic rings. The fourth-order valence-corrected chi connectivity index (χ4v) is 3.58. The van der Waals surface area contributed by atoms with Gasteiger partial charge in [0, 0.05) is 25.2 Å².